The first-order valence-corrected chi connectivity index (χ1v) is 7.02. The molecule has 0 radical (unpaired) electrons. The molecule has 1 aliphatic heterocycles. The van der Waals surface area contributed by atoms with E-state index in [1.807, 2.05) is 0 Å². The van der Waals surface area contributed by atoms with Crippen molar-refractivity contribution in [3.63, 3.8) is 0 Å². The van der Waals surface area contributed by atoms with E-state index in [0.29, 0.717) is 0 Å². The van der Waals surface area contributed by atoms with Crippen molar-refractivity contribution in [2.75, 3.05) is 13.1 Å². The molecule has 0 aliphatic carbocycles. The minimum Gasteiger partial charge on any atom is -0.316 e. The molecule has 0 spiro atoms. The average Bonchev–Trinajstić information content (AvgIpc) is 2.42. The third-order valence-electron chi connectivity index (χ3n) is 4.32. The second-order valence-electron chi connectivity index (χ2n) is 5.57. The standard InChI is InChI=1S/C17H21N/c1-13-12-18-10-9-15(13)11-16-7-4-6-14-5-2-3-8-17(14)16/h2-8,13,15,18H,9-12H2,1H3. The van der Waals surface area contributed by atoms with Gasteiger partial charge in [0.2, 0.25) is 0 Å². The number of benzene rings is 2. The van der Waals surface area contributed by atoms with Gasteiger partial charge in [-0.3, -0.25) is 0 Å². The zero-order valence-corrected chi connectivity index (χ0v) is 11.0. The zero-order chi connectivity index (χ0) is 12.4. The van der Waals surface area contributed by atoms with Gasteiger partial charge in [-0.05, 0) is 54.1 Å². The van der Waals surface area contributed by atoms with Gasteiger partial charge in [0.1, 0.15) is 0 Å². The van der Waals surface area contributed by atoms with Crippen molar-refractivity contribution in [2.45, 2.75) is 19.8 Å². The molecule has 2 aromatic carbocycles. The number of rotatable bonds is 2. The largest absolute Gasteiger partial charge is 0.316 e. The highest BCUT2D eigenvalue weighted by Gasteiger charge is 2.21. The molecule has 94 valence electrons. The van der Waals surface area contributed by atoms with E-state index in [1.165, 1.54) is 42.3 Å². The summed E-state index contributed by atoms with van der Waals surface area (Å²) in [7, 11) is 0. The third kappa shape index (κ3) is 2.28. The topological polar surface area (TPSA) is 12.0 Å². The fourth-order valence-electron chi connectivity index (χ4n) is 3.12. The van der Waals surface area contributed by atoms with Crippen LogP contribution in [0.5, 0.6) is 0 Å². The van der Waals surface area contributed by atoms with Gasteiger partial charge in [-0.15, -0.1) is 0 Å². The van der Waals surface area contributed by atoms with Crippen LogP contribution in [0.2, 0.25) is 0 Å². The Bertz CT molecular complexity index is 527. The molecule has 1 aliphatic rings. The van der Waals surface area contributed by atoms with E-state index < -0.39 is 0 Å². The van der Waals surface area contributed by atoms with Crippen LogP contribution in [-0.2, 0) is 6.42 Å². The molecule has 0 bridgehead atoms. The highest BCUT2D eigenvalue weighted by molar-refractivity contribution is 5.85. The number of fused-ring (bicyclic) bond motifs is 1. The number of hydrogen-bond acceptors (Lipinski definition) is 1. The van der Waals surface area contributed by atoms with Crippen LogP contribution in [0.3, 0.4) is 0 Å². The second-order valence-corrected chi connectivity index (χ2v) is 5.57. The fourth-order valence-corrected chi connectivity index (χ4v) is 3.12. The Balaban J connectivity index is 1.90. The molecule has 2 atom stereocenters. The summed E-state index contributed by atoms with van der Waals surface area (Å²) in [6, 6.07) is 15.5. The van der Waals surface area contributed by atoms with E-state index in [-0.39, 0.29) is 0 Å². The summed E-state index contributed by atoms with van der Waals surface area (Å²) < 4.78 is 0. The third-order valence-corrected chi connectivity index (χ3v) is 4.32. The van der Waals surface area contributed by atoms with Gasteiger partial charge in [0.15, 0.2) is 0 Å². The SMILES string of the molecule is CC1CNCCC1Cc1cccc2ccccc12. The Kier molecular flexibility index (Phi) is 3.33. The van der Waals surface area contributed by atoms with E-state index in [4.69, 9.17) is 0 Å². The van der Waals surface area contributed by atoms with Crippen molar-refractivity contribution in [1.82, 2.24) is 5.32 Å². The molecule has 2 aromatic rings. The molecular formula is C17H21N. The van der Waals surface area contributed by atoms with E-state index in [1.54, 1.807) is 0 Å². The normalized spacial score (nSPS) is 24.3. The predicted octanol–water partition coefficient (Wildman–Crippen LogP) is 3.63. The highest BCUT2D eigenvalue weighted by atomic mass is 14.9. The summed E-state index contributed by atoms with van der Waals surface area (Å²) in [6.45, 7) is 4.73. The van der Waals surface area contributed by atoms with Gasteiger partial charge in [0, 0.05) is 0 Å². The molecule has 1 fully saturated rings. The first-order chi connectivity index (χ1) is 8.84. The van der Waals surface area contributed by atoms with Crippen LogP contribution < -0.4 is 5.32 Å². The minimum absolute atomic E-state index is 0.790. The number of nitrogens with one attached hydrogen (secondary N) is 1. The van der Waals surface area contributed by atoms with Gasteiger partial charge >= 0.3 is 0 Å². The van der Waals surface area contributed by atoms with Gasteiger partial charge in [-0.25, -0.2) is 0 Å². The highest BCUT2D eigenvalue weighted by Crippen LogP contribution is 2.27. The quantitative estimate of drug-likeness (QED) is 0.844. The average molecular weight is 239 g/mol. The molecule has 1 N–H and O–H groups in total. The maximum atomic E-state index is 3.49. The van der Waals surface area contributed by atoms with Crippen molar-refractivity contribution >= 4 is 10.8 Å². The lowest BCUT2D eigenvalue weighted by Gasteiger charge is -2.29. The lowest BCUT2D eigenvalue weighted by atomic mass is 9.82. The summed E-state index contributed by atoms with van der Waals surface area (Å²) in [5.41, 5.74) is 1.52. The van der Waals surface area contributed by atoms with E-state index in [0.717, 1.165) is 11.8 Å². The number of hydrogen-bond donors (Lipinski definition) is 1. The Morgan fingerprint density at radius 2 is 1.94 bits per heavy atom. The van der Waals surface area contributed by atoms with Gasteiger partial charge in [-0.1, -0.05) is 49.4 Å². The number of piperidine rings is 1. The van der Waals surface area contributed by atoms with Crippen molar-refractivity contribution in [3.05, 3.63) is 48.0 Å². The lowest BCUT2D eigenvalue weighted by molar-refractivity contribution is 0.272. The molecule has 0 aromatic heterocycles. The molecule has 1 heterocycles. The van der Waals surface area contributed by atoms with Crippen LogP contribution >= 0.6 is 0 Å². The monoisotopic (exact) mass is 239 g/mol. The zero-order valence-electron chi connectivity index (χ0n) is 11.0. The summed E-state index contributed by atoms with van der Waals surface area (Å²) in [5.74, 6) is 1.62. The molecule has 1 heteroatoms. The molecule has 1 nitrogen and oxygen atoms in total. The van der Waals surface area contributed by atoms with Crippen LogP contribution in [-0.4, -0.2) is 13.1 Å². The second kappa shape index (κ2) is 5.11. The van der Waals surface area contributed by atoms with Crippen LogP contribution in [0.1, 0.15) is 18.9 Å². The van der Waals surface area contributed by atoms with Crippen LogP contribution in [0.4, 0.5) is 0 Å². The van der Waals surface area contributed by atoms with E-state index in [9.17, 15) is 0 Å². The van der Waals surface area contributed by atoms with Crippen LogP contribution in [0.25, 0.3) is 10.8 Å². The van der Waals surface area contributed by atoms with Crippen molar-refractivity contribution in [2.24, 2.45) is 11.8 Å². The lowest BCUT2D eigenvalue weighted by Crippen LogP contribution is -2.35. The Morgan fingerprint density at radius 1 is 1.11 bits per heavy atom. The van der Waals surface area contributed by atoms with Crippen molar-refractivity contribution in [3.8, 4) is 0 Å². The summed E-state index contributed by atoms with van der Waals surface area (Å²) in [5, 5.41) is 6.30. The van der Waals surface area contributed by atoms with Crippen molar-refractivity contribution in [1.29, 1.82) is 0 Å². The van der Waals surface area contributed by atoms with Gasteiger partial charge in [0.25, 0.3) is 0 Å². The summed E-state index contributed by atoms with van der Waals surface area (Å²) in [4.78, 5) is 0. The Morgan fingerprint density at radius 3 is 2.83 bits per heavy atom. The molecule has 2 unspecified atom stereocenters. The smallest absolute Gasteiger partial charge is 0.00204 e. The van der Waals surface area contributed by atoms with Crippen molar-refractivity contribution < 1.29 is 0 Å². The summed E-state index contributed by atoms with van der Waals surface area (Å²) >= 11 is 0. The minimum atomic E-state index is 0.790. The first-order valence-electron chi connectivity index (χ1n) is 7.02. The predicted molar refractivity (Wildman–Crippen MR) is 77.8 cm³/mol. The molecule has 1 saturated heterocycles. The summed E-state index contributed by atoms with van der Waals surface area (Å²) in [6.07, 6.45) is 2.54. The molecule has 18 heavy (non-hydrogen) atoms. The van der Waals surface area contributed by atoms with Crippen LogP contribution in [0.15, 0.2) is 42.5 Å². The van der Waals surface area contributed by atoms with Gasteiger partial charge < -0.3 is 5.32 Å². The van der Waals surface area contributed by atoms with E-state index >= 15 is 0 Å². The van der Waals surface area contributed by atoms with E-state index in [2.05, 4.69) is 54.7 Å². The molecule has 0 saturated carbocycles. The Labute approximate surface area is 109 Å². The molecule has 3 rings (SSSR count). The first kappa shape index (κ1) is 11.7. The van der Waals surface area contributed by atoms with Gasteiger partial charge in [0.05, 0.1) is 0 Å². The Hall–Kier alpha value is -1.34. The fraction of sp³-hybridized carbons (Fsp3) is 0.412. The molecular weight excluding hydrogens is 218 g/mol. The van der Waals surface area contributed by atoms with Crippen LogP contribution in [0, 0.1) is 11.8 Å². The maximum Gasteiger partial charge on any atom is -0.00204 e. The maximum absolute atomic E-state index is 3.49. The molecule has 0 amide bonds. The van der Waals surface area contributed by atoms with Gasteiger partial charge in [-0.2, -0.15) is 0 Å².